The number of hydrogen-bond acceptors (Lipinski definition) is 5. The quantitative estimate of drug-likeness (QED) is 0.884. The fraction of sp³-hybridized carbons (Fsp3) is 0.400. The summed E-state index contributed by atoms with van der Waals surface area (Å²) in [5.41, 5.74) is 3.68. The van der Waals surface area contributed by atoms with Crippen LogP contribution in [0.3, 0.4) is 0 Å². The average molecular weight is 332 g/mol. The number of carbonyl (C=O) groups is 1. The van der Waals surface area contributed by atoms with E-state index in [4.69, 9.17) is 0 Å². The number of nitrogens with one attached hydrogen (secondary N) is 2. The highest BCUT2D eigenvalue weighted by Crippen LogP contribution is 2.56. The first-order valence-corrected chi connectivity index (χ1v) is 9.29. The second-order valence-electron chi connectivity index (χ2n) is 6.33. The normalized spacial score (nSPS) is 21.7. The van der Waals surface area contributed by atoms with Gasteiger partial charge in [-0.1, -0.05) is 0 Å². The molecule has 2 aliphatic carbocycles. The summed E-state index contributed by atoms with van der Waals surface area (Å²) in [5.74, 6) is 0.931. The van der Waals surface area contributed by atoms with E-state index in [1.165, 1.54) is 18.7 Å². The molecule has 0 aromatic carbocycles. The Bertz CT molecular complexity index is 932. The molecular weight excluding hydrogens is 316 g/mol. The number of anilines is 1. The van der Waals surface area contributed by atoms with Crippen LogP contribution in [0.25, 0.3) is 0 Å². The zero-order valence-electron chi connectivity index (χ0n) is 12.8. The van der Waals surface area contributed by atoms with E-state index in [1.54, 1.807) is 6.92 Å². The minimum Gasteiger partial charge on any atom is -0.319 e. The first-order valence-electron chi connectivity index (χ1n) is 7.40. The van der Waals surface area contributed by atoms with E-state index in [-0.39, 0.29) is 10.9 Å². The minimum absolute atomic E-state index is 0.00579. The monoisotopic (exact) mass is 332 g/mol. The fourth-order valence-corrected chi connectivity index (χ4v) is 3.85. The maximum Gasteiger partial charge on any atom is 0.276 e. The van der Waals surface area contributed by atoms with Crippen molar-refractivity contribution in [3.8, 4) is 0 Å². The van der Waals surface area contributed by atoms with Gasteiger partial charge >= 0.3 is 0 Å². The Kier molecular flexibility index (Phi) is 2.90. The molecule has 8 heteroatoms. The Morgan fingerprint density at radius 1 is 1.43 bits per heavy atom. The van der Waals surface area contributed by atoms with E-state index in [0.29, 0.717) is 28.8 Å². The van der Waals surface area contributed by atoms with E-state index in [2.05, 4.69) is 20.5 Å². The molecule has 120 valence electrons. The highest BCUT2D eigenvalue weighted by molar-refractivity contribution is 7.90. The van der Waals surface area contributed by atoms with E-state index < -0.39 is 9.84 Å². The number of aryl methyl sites for hydroxylation is 1. The number of fused-ring (bicyclic) bond motifs is 3. The highest BCUT2D eigenvalue weighted by Gasteiger charge is 2.48. The van der Waals surface area contributed by atoms with Crippen LogP contribution in [-0.4, -0.2) is 35.8 Å². The molecule has 2 aromatic rings. The second-order valence-corrected chi connectivity index (χ2v) is 8.30. The van der Waals surface area contributed by atoms with Crippen molar-refractivity contribution in [1.29, 1.82) is 0 Å². The molecule has 1 saturated carbocycles. The van der Waals surface area contributed by atoms with Gasteiger partial charge in [0.15, 0.2) is 20.6 Å². The lowest BCUT2D eigenvalue weighted by atomic mass is 10.1. The second kappa shape index (κ2) is 4.64. The molecule has 0 saturated heterocycles. The van der Waals surface area contributed by atoms with Crippen LogP contribution >= 0.6 is 0 Å². The molecule has 2 heterocycles. The van der Waals surface area contributed by atoms with Crippen LogP contribution in [-0.2, 0) is 16.3 Å². The van der Waals surface area contributed by atoms with Crippen molar-refractivity contribution in [2.24, 2.45) is 5.92 Å². The number of H-pyrrole nitrogens is 1. The van der Waals surface area contributed by atoms with Gasteiger partial charge in [0.25, 0.3) is 5.91 Å². The molecule has 2 aromatic heterocycles. The van der Waals surface area contributed by atoms with Crippen molar-refractivity contribution in [2.45, 2.75) is 30.7 Å². The Balaban J connectivity index is 1.59. The zero-order chi connectivity index (χ0) is 16.4. The summed E-state index contributed by atoms with van der Waals surface area (Å²) in [6.07, 6.45) is 4.56. The van der Waals surface area contributed by atoms with Crippen LogP contribution in [0.1, 0.15) is 39.6 Å². The van der Waals surface area contributed by atoms with Gasteiger partial charge in [0.05, 0.1) is 11.9 Å². The van der Waals surface area contributed by atoms with Crippen LogP contribution < -0.4 is 5.32 Å². The van der Waals surface area contributed by atoms with E-state index in [9.17, 15) is 13.2 Å². The van der Waals surface area contributed by atoms with Gasteiger partial charge in [0, 0.05) is 23.4 Å². The Morgan fingerprint density at radius 2 is 2.22 bits per heavy atom. The molecule has 1 amide bonds. The van der Waals surface area contributed by atoms with Crippen molar-refractivity contribution in [1.82, 2.24) is 15.2 Å². The molecule has 7 nitrogen and oxygen atoms in total. The molecule has 2 N–H and O–H groups in total. The summed E-state index contributed by atoms with van der Waals surface area (Å²) >= 11 is 0. The number of pyridine rings is 1. The summed E-state index contributed by atoms with van der Waals surface area (Å²) < 4.78 is 23.0. The van der Waals surface area contributed by atoms with Gasteiger partial charge in [-0.25, -0.2) is 13.4 Å². The summed E-state index contributed by atoms with van der Waals surface area (Å²) in [4.78, 5) is 16.4. The fourth-order valence-electron chi connectivity index (χ4n) is 3.21. The van der Waals surface area contributed by atoms with Gasteiger partial charge in [-0.2, -0.15) is 5.10 Å². The lowest BCUT2D eigenvalue weighted by Gasteiger charge is -2.08. The van der Waals surface area contributed by atoms with Crippen LogP contribution in [0.2, 0.25) is 0 Å². The summed E-state index contributed by atoms with van der Waals surface area (Å²) in [5, 5.41) is 9.89. The average Bonchev–Trinajstić information content (AvgIpc) is 2.95. The largest absolute Gasteiger partial charge is 0.319 e. The number of nitrogens with zero attached hydrogens (tertiary/aromatic N) is 2. The van der Waals surface area contributed by atoms with Crippen LogP contribution in [0.5, 0.6) is 0 Å². The third-order valence-electron chi connectivity index (χ3n) is 4.59. The van der Waals surface area contributed by atoms with E-state index in [0.717, 1.165) is 23.9 Å². The summed E-state index contributed by atoms with van der Waals surface area (Å²) in [6.45, 7) is 1.73. The minimum atomic E-state index is -3.36. The standard InChI is InChI=1S/C15H16N4O3S/c1-7-3-12(23(2,21)22)16-6-11(7)17-15(20)14-10-5-8-4-9(8)13(10)18-19-14/h3,6,8-9H,4-5H2,1-2H3,(H,17,20)(H,18,19). The molecule has 1 fully saturated rings. The van der Waals surface area contributed by atoms with Crippen LogP contribution in [0, 0.1) is 12.8 Å². The summed E-state index contributed by atoms with van der Waals surface area (Å²) in [7, 11) is -3.36. The molecule has 23 heavy (non-hydrogen) atoms. The number of amides is 1. The maximum atomic E-state index is 12.5. The first kappa shape index (κ1) is 14.4. The predicted molar refractivity (Wildman–Crippen MR) is 83.2 cm³/mol. The number of sulfone groups is 1. The van der Waals surface area contributed by atoms with Crippen molar-refractivity contribution >= 4 is 21.4 Å². The maximum absolute atomic E-state index is 12.5. The smallest absolute Gasteiger partial charge is 0.276 e. The van der Waals surface area contributed by atoms with Crippen LogP contribution in [0.4, 0.5) is 5.69 Å². The highest BCUT2D eigenvalue weighted by atomic mass is 32.2. The SMILES string of the molecule is Cc1cc(S(C)(=O)=O)ncc1NC(=O)c1n[nH]c2c1CC1CC21. The first-order chi connectivity index (χ1) is 10.8. The zero-order valence-corrected chi connectivity index (χ0v) is 13.6. The Morgan fingerprint density at radius 3 is 2.91 bits per heavy atom. The molecule has 0 spiro atoms. The molecule has 0 aliphatic heterocycles. The molecule has 0 bridgehead atoms. The molecule has 4 rings (SSSR count). The van der Waals surface area contributed by atoms with Crippen molar-refractivity contribution < 1.29 is 13.2 Å². The van der Waals surface area contributed by atoms with Gasteiger partial charge in [0.1, 0.15) is 0 Å². The number of aromatic amines is 1. The third-order valence-corrected chi connectivity index (χ3v) is 5.57. The van der Waals surface area contributed by atoms with Gasteiger partial charge in [-0.05, 0) is 37.3 Å². The Hall–Kier alpha value is -2.22. The molecule has 2 aliphatic rings. The Labute approximate surface area is 133 Å². The summed E-state index contributed by atoms with van der Waals surface area (Å²) in [6, 6.07) is 1.45. The van der Waals surface area contributed by atoms with Gasteiger partial charge in [-0.3, -0.25) is 9.89 Å². The topological polar surface area (TPSA) is 105 Å². The van der Waals surface area contributed by atoms with Crippen molar-refractivity contribution in [2.75, 3.05) is 11.6 Å². The molecule has 2 atom stereocenters. The van der Waals surface area contributed by atoms with Gasteiger partial charge < -0.3 is 5.32 Å². The molecular formula is C15H16N4O3S. The third kappa shape index (κ3) is 2.33. The van der Waals surface area contributed by atoms with Crippen molar-refractivity contribution in [3.63, 3.8) is 0 Å². The number of rotatable bonds is 3. The van der Waals surface area contributed by atoms with E-state index >= 15 is 0 Å². The van der Waals surface area contributed by atoms with Crippen LogP contribution in [0.15, 0.2) is 17.3 Å². The lowest BCUT2D eigenvalue weighted by Crippen LogP contribution is -2.16. The lowest BCUT2D eigenvalue weighted by molar-refractivity contribution is 0.102. The molecule has 0 radical (unpaired) electrons. The molecule has 2 unspecified atom stereocenters. The number of carbonyl (C=O) groups excluding carboxylic acids is 1. The van der Waals surface area contributed by atoms with E-state index in [1.807, 2.05) is 0 Å². The van der Waals surface area contributed by atoms with Gasteiger partial charge in [-0.15, -0.1) is 0 Å². The number of hydrogen-bond donors (Lipinski definition) is 2. The number of aromatic nitrogens is 3. The predicted octanol–water partition coefficient (Wildman–Crippen LogP) is 1.43. The van der Waals surface area contributed by atoms with Gasteiger partial charge in [0.2, 0.25) is 0 Å². The van der Waals surface area contributed by atoms with Crippen molar-refractivity contribution in [3.05, 3.63) is 34.8 Å².